The Morgan fingerprint density at radius 1 is 1.42 bits per heavy atom. The summed E-state index contributed by atoms with van der Waals surface area (Å²) in [6.07, 6.45) is 1.68. The summed E-state index contributed by atoms with van der Waals surface area (Å²) in [6, 6.07) is -0.0254. The number of rotatable bonds is 4. The van der Waals surface area contributed by atoms with Gasteiger partial charge in [0.25, 0.3) is 0 Å². The first-order chi connectivity index (χ1) is 8.69. The summed E-state index contributed by atoms with van der Waals surface area (Å²) in [5, 5.41) is 0. The zero-order valence-corrected chi connectivity index (χ0v) is 13.1. The van der Waals surface area contributed by atoms with Crippen molar-refractivity contribution in [3.8, 4) is 0 Å². The van der Waals surface area contributed by atoms with Gasteiger partial charge in [0, 0.05) is 25.6 Å². The highest BCUT2D eigenvalue weighted by molar-refractivity contribution is 5.76. The van der Waals surface area contributed by atoms with Gasteiger partial charge in [0.2, 0.25) is 5.91 Å². The van der Waals surface area contributed by atoms with Crippen molar-refractivity contribution in [1.82, 2.24) is 4.90 Å². The number of morpholine rings is 1. The molecule has 4 heteroatoms. The quantitative estimate of drug-likeness (QED) is 0.850. The first kappa shape index (κ1) is 16.4. The van der Waals surface area contributed by atoms with E-state index >= 15 is 0 Å². The minimum atomic E-state index is -0.0254. The second-order valence-corrected chi connectivity index (χ2v) is 7.18. The van der Waals surface area contributed by atoms with E-state index in [4.69, 9.17) is 10.5 Å². The van der Waals surface area contributed by atoms with Gasteiger partial charge in [0.05, 0.1) is 12.7 Å². The van der Waals surface area contributed by atoms with Crippen LogP contribution in [0.4, 0.5) is 0 Å². The maximum absolute atomic E-state index is 12.3. The van der Waals surface area contributed by atoms with Gasteiger partial charge in [-0.15, -0.1) is 0 Å². The maximum Gasteiger partial charge on any atom is 0.223 e. The van der Waals surface area contributed by atoms with Gasteiger partial charge in [-0.05, 0) is 24.7 Å². The highest BCUT2D eigenvalue weighted by Gasteiger charge is 2.27. The number of ether oxygens (including phenoxy) is 1. The largest absolute Gasteiger partial charge is 0.373 e. The number of hydrogen-bond donors (Lipinski definition) is 1. The Hall–Kier alpha value is -0.610. The summed E-state index contributed by atoms with van der Waals surface area (Å²) in [5.41, 5.74) is 6.13. The minimum absolute atomic E-state index is 0.0179. The van der Waals surface area contributed by atoms with E-state index in [0.717, 1.165) is 6.42 Å². The van der Waals surface area contributed by atoms with E-state index in [0.29, 0.717) is 32.0 Å². The third-order valence-corrected chi connectivity index (χ3v) is 3.52. The topological polar surface area (TPSA) is 55.6 Å². The van der Waals surface area contributed by atoms with Crippen molar-refractivity contribution in [1.29, 1.82) is 0 Å². The monoisotopic (exact) mass is 270 g/mol. The average molecular weight is 270 g/mol. The molecule has 1 fully saturated rings. The second kappa shape index (κ2) is 6.71. The van der Waals surface area contributed by atoms with Gasteiger partial charge in [-0.3, -0.25) is 4.79 Å². The zero-order valence-electron chi connectivity index (χ0n) is 13.1. The first-order valence-corrected chi connectivity index (χ1v) is 7.34. The summed E-state index contributed by atoms with van der Waals surface area (Å²) < 4.78 is 5.59. The van der Waals surface area contributed by atoms with Crippen molar-refractivity contribution >= 4 is 5.91 Å². The molecule has 3 unspecified atom stereocenters. The Kier molecular flexibility index (Phi) is 5.81. The Balaban J connectivity index is 2.44. The van der Waals surface area contributed by atoms with Crippen molar-refractivity contribution in [3.05, 3.63) is 0 Å². The average Bonchev–Trinajstić information content (AvgIpc) is 2.26. The third kappa shape index (κ3) is 5.91. The van der Waals surface area contributed by atoms with Gasteiger partial charge in [-0.2, -0.15) is 0 Å². The van der Waals surface area contributed by atoms with Crippen LogP contribution in [0.1, 0.15) is 47.5 Å². The van der Waals surface area contributed by atoms with E-state index in [-0.39, 0.29) is 23.5 Å². The predicted molar refractivity (Wildman–Crippen MR) is 77.8 cm³/mol. The molecular weight excluding hydrogens is 240 g/mol. The number of nitrogens with zero attached hydrogens (tertiary/aromatic N) is 1. The SMILES string of the molecule is CC(CC(=O)N1CCOC(C(C)N)C1)CC(C)(C)C. The number of nitrogens with two attached hydrogens (primary N) is 1. The molecule has 3 atom stereocenters. The van der Waals surface area contributed by atoms with Crippen molar-refractivity contribution in [3.63, 3.8) is 0 Å². The Morgan fingerprint density at radius 3 is 2.58 bits per heavy atom. The lowest BCUT2D eigenvalue weighted by Crippen LogP contribution is -2.51. The molecule has 19 heavy (non-hydrogen) atoms. The fourth-order valence-electron chi connectivity index (χ4n) is 2.76. The van der Waals surface area contributed by atoms with E-state index in [9.17, 15) is 4.79 Å². The summed E-state index contributed by atoms with van der Waals surface area (Å²) in [4.78, 5) is 14.2. The molecule has 0 radical (unpaired) electrons. The Bertz CT molecular complexity index is 297. The van der Waals surface area contributed by atoms with Crippen LogP contribution in [-0.4, -0.2) is 42.6 Å². The van der Waals surface area contributed by atoms with E-state index < -0.39 is 0 Å². The van der Waals surface area contributed by atoms with E-state index in [2.05, 4.69) is 27.7 Å². The highest BCUT2D eigenvalue weighted by atomic mass is 16.5. The molecule has 2 N–H and O–H groups in total. The normalized spacial score (nSPS) is 24.1. The Morgan fingerprint density at radius 2 is 2.05 bits per heavy atom. The molecule has 0 aromatic rings. The smallest absolute Gasteiger partial charge is 0.223 e. The van der Waals surface area contributed by atoms with Gasteiger partial charge in [0.1, 0.15) is 0 Å². The molecule has 1 saturated heterocycles. The lowest BCUT2D eigenvalue weighted by atomic mass is 9.84. The molecular formula is C15H30N2O2. The van der Waals surface area contributed by atoms with Crippen molar-refractivity contribution in [2.24, 2.45) is 17.1 Å². The fourth-order valence-corrected chi connectivity index (χ4v) is 2.76. The van der Waals surface area contributed by atoms with Gasteiger partial charge in [-0.1, -0.05) is 27.7 Å². The predicted octanol–water partition coefficient (Wildman–Crippen LogP) is 2.02. The fraction of sp³-hybridized carbons (Fsp3) is 0.933. The van der Waals surface area contributed by atoms with E-state index in [1.807, 2.05) is 11.8 Å². The van der Waals surface area contributed by atoms with Crippen LogP contribution in [0.3, 0.4) is 0 Å². The molecule has 1 rings (SSSR count). The molecule has 0 aromatic carbocycles. The summed E-state index contributed by atoms with van der Waals surface area (Å²) >= 11 is 0. The van der Waals surface area contributed by atoms with Crippen molar-refractivity contribution < 1.29 is 9.53 Å². The number of carbonyl (C=O) groups is 1. The second-order valence-electron chi connectivity index (χ2n) is 7.18. The van der Waals surface area contributed by atoms with E-state index in [1.54, 1.807) is 0 Å². The third-order valence-electron chi connectivity index (χ3n) is 3.52. The van der Waals surface area contributed by atoms with Crippen LogP contribution in [0.2, 0.25) is 0 Å². The molecule has 0 bridgehead atoms. The highest BCUT2D eigenvalue weighted by Crippen LogP contribution is 2.26. The molecule has 1 aliphatic heterocycles. The van der Waals surface area contributed by atoms with Crippen molar-refractivity contribution in [2.45, 2.75) is 59.6 Å². The van der Waals surface area contributed by atoms with Gasteiger partial charge < -0.3 is 15.4 Å². The lowest BCUT2D eigenvalue weighted by Gasteiger charge is -2.35. The van der Waals surface area contributed by atoms with Gasteiger partial charge in [-0.25, -0.2) is 0 Å². The van der Waals surface area contributed by atoms with Crippen LogP contribution < -0.4 is 5.73 Å². The van der Waals surface area contributed by atoms with Gasteiger partial charge in [0.15, 0.2) is 0 Å². The van der Waals surface area contributed by atoms with Crippen LogP contribution in [0.25, 0.3) is 0 Å². The molecule has 4 nitrogen and oxygen atoms in total. The van der Waals surface area contributed by atoms with E-state index in [1.165, 1.54) is 0 Å². The first-order valence-electron chi connectivity index (χ1n) is 7.34. The number of amides is 1. The Labute approximate surface area is 117 Å². The standard InChI is InChI=1S/C15H30N2O2/c1-11(9-15(3,4)5)8-14(18)17-6-7-19-13(10-17)12(2)16/h11-13H,6-10,16H2,1-5H3. The summed E-state index contributed by atoms with van der Waals surface area (Å²) in [5.74, 6) is 0.662. The molecule has 0 aliphatic carbocycles. The number of carbonyl (C=O) groups excluding carboxylic acids is 1. The van der Waals surface area contributed by atoms with Crippen LogP contribution in [0, 0.1) is 11.3 Å². The molecule has 0 saturated carbocycles. The molecule has 1 aliphatic rings. The zero-order chi connectivity index (χ0) is 14.6. The minimum Gasteiger partial charge on any atom is -0.373 e. The number of hydrogen-bond acceptors (Lipinski definition) is 3. The van der Waals surface area contributed by atoms with Crippen LogP contribution >= 0.6 is 0 Å². The molecule has 0 spiro atoms. The lowest BCUT2D eigenvalue weighted by molar-refractivity contribution is -0.140. The summed E-state index contributed by atoms with van der Waals surface area (Å²) in [6.45, 7) is 12.7. The molecule has 0 aromatic heterocycles. The molecule has 112 valence electrons. The maximum atomic E-state index is 12.3. The van der Waals surface area contributed by atoms with Crippen molar-refractivity contribution in [2.75, 3.05) is 19.7 Å². The molecule has 1 heterocycles. The van der Waals surface area contributed by atoms with Crippen LogP contribution in [0.15, 0.2) is 0 Å². The van der Waals surface area contributed by atoms with Crippen LogP contribution in [-0.2, 0) is 9.53 Å². The summed E-state index contributed by atoms with van der Waals surface area (Å²) in [7, 11) is 0. The van der Waals surface area contributed by atoms with Gasteiger partial charge >= 0.3 is 0 Å². The molecule has 1 amide bonds. The van der Waals surface area contributed by atoms with Crippen LogP contribution in [0.5, 0.6) is 0 Å².